The second-order valence-electron chi connectivity index (χ2n) is 7.10. The monoisotopic (exact) mass is 380 g/mol. The summed E-state index contributed by atoms with van der Waals surface area (Å²) in [5, 5.41) is 5.66. The number of urea groups is 1. The fourth-order valence-electron chi connectivity index (χ4n) is 3.67. The smallest absolute Gasteiger partial charge is 0.321 e. The lowest BCUT2D eigenvalue weighted by Gasteiger charge is -2.37. The van der Waals surface area contributed by atoms with Crippen LogP contribution in [0.2, 0.25) is 0 Å². The first kappa shape index (κ1) is 19.7. The third kappa shape index (κ3) is 4.63. The Morgan fingerprint density at radius 1 is 0.964 bits per heavy atom. The molecule has 148 valence electrons. The van der Waals surface area contributed by atoms with Crippen LogP contribution in [0, 0.1) is 6.92 Å². The Bertz CT molecular complexity index is 857. The number of hydrogen-bond donors (Lipinski definition) is 2. The molecule has 3 amide bonds. The number of benzene rings is 2. The van der Waals surface area contributed by atoms with Gasteiger partial charge in [-0.05, 0) is 42.7 Å². The number of rotatable bonds is 4. The van der Waals surface area contributed by atoms with Crippen molar-refractivity contribution in [2.45, 2.75) is 27.2 Å². The minimum Gasteiger partial charge on any atom is -0.368 e. The highest BCUT2D eigenvalue weighted by atomic mass is 16.2. The molecule has 1 aliphatic rings. The predicted molar refractivity (Wildman–Crippen MR) is 114 cm³/mol. The van der Waals surface area contributed by atoms with Gasteiger partial charge in [0.25, 0.3) is 0 Å². The molecule has 0 aliphatic carbocycles. The van der Waals surface area contributed by atoms with Crippen LogP contribution in [-0.4, -0.2) is 43.0 Å². The fourth-order valence-corrected chi connectivity index (χ4v) is 3.67. The van der Waals surface area contributed by atoms with Crippen LogP contribution in [-0.2, 0) is 11.2 Å². The van der Waals surface area contributed by atoms with E-state index in [1.165, 1.54) is 23.7 Å². The number of nitrogens with zero attached hydrogens (tertiary/aromatic N) is 2. The molecule has 1 aliphatic heterocycles. The Hall–Kier alpha value is -3.02. The molecule has 6 heteroatoms. The molecular weight excluding hydrogens is 352 g/mol. The molecule has 1 heterocycles. The van der Waals surface area contributed by atoms with Crippen LogP contribution in [0.3, 0.4) is 0 Å². The number of amides is 3. The Morgan fingerprint density at radius 2 is 1.61 bits per heavy atom. The molecule has 1 fully saturated rings. The van der Waals surface area contributed by atoms with E-state index in [1.807, 2.05) is 17.0 Å². The summed E-state index contributed by atoms with van der Waals surface area (Å²) in [6, 6.07) is 13.5. The molecule has 2 N–H and O–H groups in total. The van der Waals surface area contributed by atoms with Crippen molar-refractivity contribution in [3.63, 3.8) is 0 Å². The highest BCUT2D eigenvalue weighted by molar-refractivity contribution is 5.92. The molecule has 1 saturated heterocycles. The van der Waals surface area contributed by atoms with Gasteiger partial charge >= 0.3 is 6.03 Å². The zero-order chi connectivity index (χ0) is 20.1. The van der Waals surface area contributed by atoms with E-state index in [4.69, 9.17) is 0 Å². The molecular formula is C22H28N4O2. The first-order valence-corrected chi connectivity index (χ1v) is 9.75. The summed E-state index contributed by atoms with van der Waals surface area (Å²) in [7, 11) is 0. The summed E-state index contributed by atoms with van der Waals surface area (Å²) in [6.45, 7) is 8.77. The van der Waals surface area contributed by atoms with Crippen molar-refractivity contribution in [2.24, 2.45) is 0 Å². The maximum Gasteiger partial charge on any atom is 0.321 e. The Morgan fingerprint density at radius 3 is 2.25 bits per heavy atom. The van der Waals surface area contributed by atoms with Crippen LogP contribution in [0.15, 0.2) is 42.5 Å². The SMILES string of the molecule is CCc1cccc(C)c1N1CCN(C(=O)Nc2cccc(NC(C)=O)c2)CC1. The van der Waals surface area contributed by atoms with Crippen molar-refractivity contribution in [3.8, 4) is 0 Å². The molecule has 0 saturated carbocycles. The van der Waals surface area contributed by atoms with E-state index in [0.717, 1.165) is 19.5 Å². The lowest BCUT2D eigenvalue weighted by Crippen LogP contribution is -2.50. The zero-order valence-corrected chi connectivity index (χ0v) is 16.8. The number of hydrogen-bond acceptors (Lipinski definition) is 3. The Labute approximate surface area is 166 Å². The van der Waals surface area contributed by atoms with E-state index < -0.39 is 0 Å². The highest BCUT2D eigenvalue weighted by Gasteiger charge is 2.23. The molecule has 0 atom stereocenters. The van der Waals surface area contributed by atoms with E-state index in [9.17, 15) is 9.59 Å². The van der Waals surface area contributed by atoms with E-state index >= 15 is 0 Å². The number of nitrogens with one attached hydrogen (secondary N) is 2. The van der Waals surface area contributed by atoms with Crippen molar-refractivity contribution < 1.29 is 9.59 Å². The molecule has 0 unspecified atom stereocenters. The van der Waals surface area contributed by atoms with Crippen molar-refractivity contribution in [2.75, 3.05) is 41.7 Å². The molecule has 2 aromatic carbocycles. The molecule has 28 heavy (non-hydrogen) atoms. The topological polar surface area (TPSA) is 64.7 Å². The van der Waals surface area contributed by atoms with Gasteiger partial charge in [-0.2, -0.15) is 0 Å². The van der Waals surface area contributed by atoms with Gasteiger partial charge in [-0.3, -0.25) is 4.79 Å². The van der Waals surface area contributed by atoms with Crippen LogP contribution in [0.5, 0.6) is 0 Å². The molecule has 0 aromatic heterocycles. The number of carbonyl (C=O) groups is 2. The summed E-state index contributed by atoms with van der Waals surface area (Å²) in [6.07, 6.45) is 1.00. The van der Waals surface area contributed by atoms with E-state index in [1.54, 1.807) is 12.1 Å². The van der Waals surface area contributed by atoms with Gasteiger partial charge in [-0.25, -0.2) is 4.79 Å². The third-order valence-corrected chi connectivity index (χ3v) is 5.02. The summed E-state index contributed by atoms with van der Waals surface area (Å²) < 4.78 is 0. The average molecular weight is 380 g/mol. The maximum atomic E-state index is 12.6. The number of anilines is 3. The number of aryl methyl sites for hydroxylation is 2. The molecule has 0 bridgehead atoms. The fraction of sp³-hybridized carbons (Fsp3) is 0.364. The summed E-state index contributed by atoms with van der Waals surface area (Å²) >= 11 is 0. The van der Waals surface area contributed by atoms with Gasteiger partial charge < -0.3 is 20.4 Å². The lowest BCUT2D eigenvalue weighted by atomic mass is 10.0. The lowest BCUT2D eigenvalue weighted by molar-refractivity contribution is -0.114. The van der Waals surface area contributed by atoms with Crippen LogP contribution in [0.4, 0.5) is 21.9 Å². The van der Waals surface area contributed by atoms with Gasteiger partial charge in [0.15, 0.2) is 0 Å². The largest absolute Gasteiger partial charge is 0.368 e. The molecule has 6 nitrogen and oxygen atoms in total. The first-order valence-electron chi connectivity index (χ1n) is 9.75. The average Bonchev–Trinajstić information content (AvgIpc) is 2.67. The standard InChI is InChI=1S/C22H28N4O2/c1-4-18-8-5-7-16(2)21(18)25-11-13-26(14-12-25)22(28)24-20-10-6-9-19(15-20)23-17(3)27/h5-10,15H,4,11-14H2,1-3H3,(H,23,27)(H,24,28). The number of carbonyl (C=O) groups excluding carboxylic acids is 2. The second-order valence-corrected chi connectivity index (χ2v) is 7.10. The molecule has 0 spiro atoms. The first-order chi connectivity index (χ1) is 13.5. The second kappa shape index (κ2) is 8.78. The molecule has 0 radical (unpaired) electrons. The van der Waals surface area contributed by atoms with Crippen LogP contribution >= 0.6 is 0 Å². The van der Waals surface area contributed by atoms with Gasteiger partial charge in [-0.1, -0.05) is 31.2 Å². The van der Waals surface area contributed by atoms with Gasteiger partial charge in [0.2, 0.25) is 5.91 Å². The minimum absolute atomic E-state index is 0.111. The van der Waals surface area contributed by atoms with Crippen LogP contribution in [0.1, 0.15) is 25.0 Å². The summed E-state index contributed by atoms with van der Waals surface area (Å²) in [5.41, 5.74) is 5.29. The molecule has 2 aromatic rings. The molecule has 3 rings (SSSR count). The van der Waals surface area contributed by atoms with Crippen molar-refractivity contribution in [1.29, 1.82) is 0 Å². The summed E-state index contributed by atoms with van der Waals surface area (Å²) in [5.74, 6) is -0.137. The van der Waals surface area contributed by atoms with Crippen molar-refractivity contribution >= 4 is 29.0 Å². The third-order valence-electron chi connectivity index (χ3n) is 5.02. The number of piperazine rings is 1. The van der Waals surface area contributed by atoms with Crippen LogP contribution in [0.25, 0.3) is 0 Å². The minimum atomic E-state index is -0.137. The quantitative estimate of drug-likeness (QED) is 0.846. The zero-order valence-electron chi connectivity index (χ0n) is 16.8. The van der Waals surface area contributed by atoms with Crippen molar-refractivity contribution in [1.82, 2.24) is 4.90 Å². The van der Waals surface area contributed by atoms with Gasteiger partial charge in [0.1, 0.15) is 0 Å². The maximum absolute atomic E-state index is 12.6. The van der Waals surface area contributed by atoms with Gasteiger partial charge in [0, 0.05) is 50.2 Å². The van der Waals surface area contributed by atoms with Crippen molar-refractivity contribution in [3.05, 3.63) is 53.6 Å². The van der Waals surface area contributed by atoms with E-state index in [0.29, 0.717) is 24.5 Å². The summed E-state index contributed by atoms with van der Waals surface area (Å²) in [4.78, 5) is 28.1. The predicted octanol–water partition coefficient (Wildman–Crippen LogP) is 3.87. The normalized spacial score (nSPS) is 14.0. The van der Waals surface area contributed by atoms with Gasteiger partial charge in [0.05, 0.1) is 0 Å². The Kier molecular flexibility index (Phi) is 6.19. The Balaban J connectivity index is 1.61. The van der Waals surface area contributed by atoms with Gasteiger partial charge in [-0.15, -0.1) is 0 Å². The highest BCUT2D eigenvalue weighted by Crippen LogP contribution is 2.27. The van der Waals surface area contributed by atoms with E-state index in [2.05, 4.69) is 47.6 Å². The van der Waals surface area contributed by atoms with Crippen LogP contribution < -0.4 is 15.5 Å². The van der Waals surface area contributed by atoms with E-state index in [-0.39, 0.29) is 11.9 Å². The number of para-hydroxylation sites is 1.